The molecular weight excluding hydrogens is 266 g/mol. The van der Waals surface area contributed by atoms with Crippen molar-refractivity contribution in [3.8, 4) is 5.75 Å². The molecule has 0 unspecified atom stereocenters. The smallest absolute Gasteiger partial charge is 0.257 e. The number of nitrogen functional groups attached to an aromatic ring is 1. The van der Waals surface area contributed by atoms with Gasteiger partial charge in [-0.3, -0.25) is 4.79 Å². The second-order valence-corrected chi connectivity index (χ2v) is 6.22. The first-order valence-corrected chi connectivity index (χ1v) is 7.34. The number of hydrogen-bond acceptors (Lipinski definition) is 4. The number of benzene rings is 1. The number of methoxy groups -OCH3 is 1. The van der Waals surface area contributed by atoms with Crippen LogP contribution < -0.4 is 15.8 Å². The van der Waals surface area contributed by atoms with Gasteiger partial charge in [0.05, 0.1) is 7.11 Å². The number of carbonyl (C=O) groups excluding carboxylic acids is 1. The molecule has 0 aromatic heterocycles. The van der Waals surface area contributed by atoms with Gasteiger partial charge >= 0.3 is 0 Å². The molecule has 3 N–H and O–H groups in total. The van der Waals surface area contributed by atoms with Crippen molar-refractivity contribution >= 4 is 11.6 Å². The van der Waals surface area contributed by atoms with E-state index in [2.05, 4.69) is 24.2 Å². The van der Waals surface area contributed by atoms with E-state index in [1.165, 1.54) is 0 Å². The molecule has 1 aromatic rings. The standard InChI is InChI=1S/C16H25N3O2/c1-16(7-9-19(2)10-8-16)11-18-15(20)14-12(17)5-4-6-13(14)21-3/h4-6H,7-11,17H2,1-3H3,(H,18,20). The summed E-state index contributed by atoms with van der Waals surface area (Å²) in [5.41, 5.74) is 6.93. The summed E-state index contributed by atoms with van der Waals surface area (Å²) in [6, 6.07) is 5.25. The molecule has 2 rings (SSSR count). The van der Waals surface area contributed by atoms with Gasteiger partial charge in [0.1, 0.15) is 11.3 Å². The zero-order valence-corrected chi connectivity index (χ0v) is 13.1. The van der Waals surface area contributed by atoms with Gasteiger partial charge in [0.25, 0.3) is 5.91 Å². The normalized spacial score (nSPS) is 18.2. The van der Waals surface area contributed by atoms with Gasteiger partial charge in [-0.2, -0.15) is 0 Å². The lowest BCUT2D eigenvalue weighted by atomic mass is 9.80. The van der Waals surface area contributed by atoms with Crippen molar-refractivity contribution in [2.24, 2.45) is 5.41 Å². The average Bonchev–Trinajstić information content (AvgIpc) is 2.48. The molecule has 1 amide bonds. The number of nitrogens with zero attached hydrogens (tertiary/aromatic N) is 1. The molecule has 0 atom stereocenters. The molecule has 0 aliphatic carbocycles. The van der Waals surface area contributed by atoms with Crippen LogP contribution in [-0.4, -0.2) is 44.6 Å². The maximum Gasteiger partial charge on any atom is 0.257 e. The van der Waals surface area contributed by atoms with Gasteiger partial charge in [-0.25, -0.2) is 0 Å². The minimum absolute atomic E-state index is 0.152. The minimum Gasteiger partial charge on any atom is -0.496 e. The Labute approximate surface area is 126 Å². The van der Waals surface area contributed by atoms with E-state index in [4.69, 9.17) is 10.5 Å². The lowest BCUT2D eigenvalue weighted by Gasteiger charge is -2.38. The third-order valence-electron chi connectivity index (χ3n) is 4.38. The number of anilines is 1. The topological polar surface area (TPSA) is 67.6 Å². The number of carbonyl (C=O) groups is 1. The van der Waals surface area contributed by atoms with Crippen molar-refractivity contribution in [3.63, 3.8) is 0 Å². The summed E-state index contributed by atoms with van der Waals surface area (Å²) in [5, 5.41) is 3.02. The van der Waals surface area contributed by atoms with Crippen molar-refractivity contribution in [2.45, 2.75) is 19.8 Å². The molecule has 1 aromatic carbocycles. The molecule has 1 fully saturated rings. The lowest BCUT2D eigenvalue weighted by molar-refractivity contribution is 0.0889. The number of piperidine rings is 1. The SMILES string of the molecule is COc1cccc(N)c1C(=O)NCC1(C)CCN(C)CC1. The molecule has 21 heavy (non-hydrogen) atoms. The van der Waals surface area contributed by atoms with E-state index in [9.17, 15) is 4.79 Å². The molecule has 1 aliphatic rings. The van der Waals surface area contributed by atoms with Crippen molar-refractivity contribution in [2.75, 3.05) is 39.5 Å². The van der Waals surface area contributed by atoms with Crippen LogP contribution in [0.5, 0.6) is 5.75 Å². The van der Waals surface area contributed by atoms with E-state index in [0.717, 1.165) is 25.9 Å². The Morgan fingerprint density at radius 3 is 2.71 bits per heavy atom. The summed E-state index contributed by atoms with van der Waals surface area (Å²) in [5.74, 6) is 0.353. The number of likely N-dealkylation sites (tertiary alicyclic amines) is 1. The van der Waals surface area contributed by atoms with Crippen LogP contribution in [0.25, 0.3) is 0 Å². The lowest BCUT2D eigenvalue weighted by Crippen LogP contribution is -2.43. The van der Waals surface area contributed by atoms with Crippen molar-refractivity contribution in [3.05, 3.63) is 23.8 Å². The Kier molecular flexibility index (Phi) is 4.73. The van der Waals surface area contributed by atoms with Crippen LogP contribution in [0.2, 0.25) is 0 Å². The molecule has 116 valence electrons. The van der Waals surface area contributed by atoms with Crippen LogP contribution >= 0.6 is 0 Å². The van der Waals surface area contributed by atoms with E-state index in [1.807, 2.05) is 0 Å². The van der Waals surface area contributed by atoms with Gasteiger partial charge in [0.2, 0.25) is 0 Å². The maximum absolute atomic E-state index is 12.4. The third kappa shape index (κ3) is 3.67. The van der Waals surface area contributed by atoms with Crippen LogP contribution in [0.3, 0.4) is 0 Å². The molecule has 0 spiro atoms. The number of nitrogens with two attached hydrogens (primary N) is 1. The van der Waals surface area contributed by atoms with Crippen LogP contribution in [0.15, 0.2) is 18.2 Å². The Morgan fingerprint density at radius 2 is 2.10 bits per heavy atom. The molecule has 1 saturated heterocycles. The Hall–Kier alpha value is -1.75. The fraction of sp³-hybridized carbons (Fsp3) is 0.562. The van der Waals surface area contributed by atoms with Gasteiger partial charge in [0, 0.05) is 12.2 Å². The maximum atomic E-state index is 12.4. The van der Waals surface area contributed by atoms with Crippen LogP contribution in [0.1, 0.15) is 30.1 Å². The molecule has 5 nitrogen and oxygen atoms in total. The minimum atomic E-state index is -0.162. The van der Waals surface area contributed by atoms with E-state index >= 15 is 0 Å². The van der Waals surface area contributed by atoms with E-state index < -0.39 is 0 Å². The van der Waals surface area contributed by atoms with E-state index in [0.29, 0.717) is 23.5 Å². The molecule has 0 saturated carbocycles. The van der Waals surface area contributed by atoms with Crippen LogP contribution in [0, 0.1) is 5.41 Å². The first kappa shape index (κ1) is 15.6. The average molecular weight is 291 g/mol. The number of nitrogens with one attached hydrogen (secondary N) is 1. The second kappa shape index (κ2) is 6.35. The van der Waals surface area contributed by atoms with Gasteiger partial charge in [-0.1, -0.05) is 13.0 Å². The molecule has 0 bridgehead atoms. The van der Waals surface area contributed by atoms with Gasteiger partial charge < -0.3 is 20.7 Å². The number of amides is 1. The van der Waals surface area contributed by atoms with E-state index in [-0.39, 0.29) is 11.3 Å². The predicted octanol–water partition coefficient (Wildman–Crippen LogP) is 1.74. The fourth-order valence-corrected chi connectivity index (χ4v) is 2.68. The Morgan fingerprint density at radius 1 is 1.43 bits per heavy atom. The van der Waals surface area contributed by atoms with Crippen LogP contribution in [0.4, 0.5) is 5.69 Å². The molecule has 0 radical (unpaired) electrons. The van der Waals surface area contributed by atoms with Gasteiger partial charge in [-0.15, -0.1) is 0 Å². The predicted molar refractivity (Wildman–Crippen MR) is 84.6 cm³/mol. The first-order valence-electron chi connectivity index (χ1n) is 7.34. The number of hydrogen-bond donors (Lipinski definition) is 2. The van der Waals surface area contributed by atoms with E-state index in [1.54, 1.807) is 25.3 Å². The quantitative estimate of drug-likeness (QED) is 0.829. The molecule has 5 heteroatoms. The van der Waals surface area contributed by atoms with Crippen LogP contribution in [-0.2, 0) is 0 Å². The second-order valence-electron chi connectivity index (χ2n) is 6.22. The monoisotopic (exact) mass is 291 g/mol. The Bertz CT molecular complexity index is 508. The number of rotatable bonds is 4. The zero-order valence-electron chi connectivity index (χ0n) is 13.1. The highest BCUT2D eigenvalue weighted by Crippen LogP contribution is 2.30. The summed E-state index contributed by atoms with van der Waals surface area (Å²) < 4.78 is 5.23. The van der Waals surface area contributed by atoms with Gasteiger partial charge in [0.15, 0.2) is 0 Å². The highest BCUT2D eigenvalue weighted by Gasteiger charge is 2.29. The Balaban J connectivity index is 2.02. The zero-order chi connectivity index (χ0) is 15.5. The summed E-state index contributed by atoms with van der Waals surface area (Å²) in [4.78, 5) is 14.7. The number of ether oxygens (including phenoxy) is 1. The summed E-state index contributed by atoms with van der Waals surface area (Å²) in [6.07, 6.45) is 2.18. The van der Waals surface area contributed by atoms with Crippen molar-refractivity contribution in [1.29, 1.82) is 0 Å². The molecular formula is C16H25N3O2. The van der Waals surface area contributed by atoms with Crippen molar-refractivity contribution in [1.82, 2.24) is 10.2 Å². The molecule has 1 heterocycles. The van der Waals surface area contributed by atoms with Gasteiger partial charge in [-0.05, 0) is 50.5 Å². The molecule has 1 aliphatic heterocycles. The van der Waals surface area contributed by atoms with Crippen molar-refractivity contribution < 1.29 is 9.53 Å². The third-order valence-corrected chi connectivity index (χ3v) is 4.38. The fourth-order valence-electron chi connectivity index (χ4n) is 2.68. The highest BCUT2D eigenvalue weighted by atomic mass is 16.5. The summed E-state index contributed by atoms with van der Waals surface area (Å²) in [7, 11) is 3.68. The first-order chi connectivity index (χ1) is 9.95. The summed E-state index contributed by atoms with van der Waals surface area (Å²) in [6.45, 7) is 5.04. The summed E-state index contributed by atoms with van der Waals surface area (Å²) >= 11 is 0. The largest absolute Gasteiger partial charge is 0.496 e. The highest BCUT2D eigenvalue weighted by molar-refractivity contribution is 6.01.